The normalized spacial score (nSPS) is 12.0. The average Bonchev–Trinajstić information content (AvgIpc) is 2.94. The van der Waals surface area contributed by atoms with E-state index in [1.807, 2.05) is 12.1 Å². The van der Waals surface area contributed by atoms with E-state index in [4.69, 9.17) is 12.2 Å². The number of rotatable bonds is 3. The molecule has 4 nitrogen and oxygen atoms in total. The van der Waals surface area contributed by atoms with Gasteiger partial charge in [0, 0.05) is 5.56 Å². The highest BCUT2D eigenvalue weighted by atomic mass is 32.1. The Labute approximate surface area is 151 Å². The lowest BCUT2D eigenvalue weighted by atomic mass is 9.87. The minimum absolute atomic E-state index is 0.110. The van der Waals surface area contributed by atoms with Crippen molar-refractivity contribution in [3.63, 3.8) is 0 Å². The zero-order valence-corrected chi connectivity index (χ0v) is 15.1. The van der Waals surface area contributed by atoms with Gasteiger partial charge in [0.1, 0.15) is 5.82 Å². The molecule has 1 N–H and O–H groups in total. The number of benzene rings is 2. The quantitative estimate of drug-likeness (QED) is 0.536. The van der Waals surface area contributed by atoms with Crippen LogP contribution < -0.4 is 0 Å². The smallest absolute Gasteiger partial charge is 0.216 e. The fraction of sp³-hybridized carbons (Fsp3) is 0.211. The van der Waals surface area contributed by atoms with Crippen molar-refractivity contribution in [1.82, 2.24) is 14.9 Å². The molecule has 0 saturated carbocycles. The Kier molecular flexibility index (Phi) is 4.63. The third-order valence-electron chi connectivity index (χ3n) is 3.85. The van der Waals surface area contributed by atoms with E-state index < -0.39 is 0 Å². The molecule has 0 aliphatic carbocycles. The molecule has 3 rings (SSSR count). The highest BCUT2D eigenvalue weighted by molar-refractivity contribution is 7.71. The van der Waals surface area contributed by atoms with Gasteiger partial charge in [-0.3, -0.25) is 0 Å². The molecule has 0 atom stereocenters. The molecule has 1 heterocycles. The van der Waals surface area contributed by atoms with Crippen LogP contribution in [-0.4, -0.2) is 21.1 Å². The molecular formula is C19H19FN4S. The van der Waals surface area contributed by atoms with E-state index >= 15 is 0 Å². The van der Waals surface area contributed by atoms with Crippen LogP contribution in [0.5, 0.6) is 0 Å². The molecule has 6 heteroatoms. The van der Waals surface area contributed by atoms with Crippen LogP contribution in [0.3, 0.4) is 0 Å². The summed E-state index contributed by atoms with van der Waals surface area (Å²) in [6, 6.07) is 14.3. The van der Waals surface area contributed by atoms with Gasteiger partial charge >= 0.3 is 0 Å². The van der Waals surface area contributed by atoms with Gasteiger partial charge in [0.15, 0.2) is 5.82 Å². The number of nitrogens with zero attached hydrogens (tertiary/aromatic N) is 3. The summed E-state index contributed by atoms with van der Waals surface area (Å²) in [6.07, 6.45) is 1.73. The third-order valence-corrected chi connectivity index (χ3v) is 4.12. The van der Waals surface area contributed by atoms with Crippen LogP contribution in [0, 0.1) is 10.6 Å². The van der Waals surface area contributed by atoms with Crippen LogP contribution in [0.4, 0.5) is 4.39 Å². The van der Waals surface area contributed by atoms with Crippen LogP contribution in [0.1, 0.15) is 31.9 Å². The fourth-order valence-electron chi connectivity index (χ4n) is 2.38. The second-order valence-electron chi connectivity index (χ2n) is 6.79. The summed E-state index contributed by atoms with van der Waals surface area (Å²) in [5.74, 6) is 0.236. The molecule has 0 aliphatic rings. The predicted octanol–water partition coefficient (Wildman–Crippen LogP) is 4.93. The predicted molar refractivity (Wildman–Crippen MR) is 101 cm³/mol. The Hall–Kier alpha value is -2.60. The van der Waals surface area contributed by atoms with E-state index in [2.05, 4.69) is 48.2 Å². The molecule has 0 bridgehead atoms. The minimum atomic E-state index is -0.299. The number of H-pyrrole nitrogens is 1. The Bertz CT molecular complexity index is 945. The van der Waals surface area contributed by atoms with E-state index in [1.54, 1.807) is 18.3 Å². The summed E-state index contributed by atoms with van der Waals surface area (Å²) in [7, 11) is 0. The molecule has 0 aliphatic heterocycles. The van der Waals surface area contributed by atoms with E-state index in [-0.39, 0.29) is 11.2 Å². The first-order valence-electron chi connectivity index (χ1n) is 7.93. The molecule has 128 valence electrons. The molecule has 0 saturated heterocycles. The molecule has 25 heavy (non-hydrogen) atoms. The summed E-state index contributed by atoms with van der Waals surface area (Å²) in [5.41, 5.74) is 3.06. The monoisotopic (exact) mass is 354 g/mol. The molecule has 0 spiro atoms. The Morgan fingerprint density at radius 3 is 2.32 bits per heavy atom. The van der Waals surface area contributed by atoms with Crippen LogP contribution in [0.2, 0.25) is 0 Å². The molecule has 2 aromatic carbocycles. The van der Waals surface area contributed by atoms with Gasteiger partial charge in [-0.1, -0.05) is 45.0 Å². The van der Waals surface area contributed by atoms with Crippen molar-refractivity contribution >= 4 is 18.4 Å². The van der Waals surface area contributed by atoms with Crippen molar-refractivity contribution in [2.75, 3.05) is 0 Å². The lowest BCUT2D eigenvalue weighted by molar-refractivity contribution is 0.590. The number of aromatic nitrogens is 3. The second-order valence-corrected chi connectivity index (χ2v) is 7.17. The number of hydrogen-bond donors (Lipinski definition) is 1. The van der Waals surface area contributed by atoms with E-state index in [0.29, 0.717) is 10.6 Å². The van der Waals surface area contributed by atoms with Crippen molar-refractivity contribution in [3.8, 4) is 11.4 Å². The standard InChI is InChI=1S/C19H19FN4S/c1-19(2,3)15-8-4-13(5-9-15)12-21-24-17(22-23-18(24)25)14-6-10-16(20)11-7-14/h4-12H,1-3H3,(H,23,25)/b21-12+. The van der Waals surface area contributed by atoms with E-state index in [0.717, 1.165) is 11.1 Å². The molecule has 0 unspecified atom stereocenters. The maximum atomic E-state index is 13.1. The highest BCUT2D eigenvalue weighted by Crippen LogP contribution is 2.22. The highest BCUT2D eigenvalue weighted by Gasteiger charge is 2.12. The third kappa shape index (κ3) is 3.91. The molecule has 0 radical (unpaired) electrons. The maximum Gasteiger partial charge on any atom is 0.216 e. The van der Waals surface area contributed by atoms with Crippen LogP contribution in [0.15, 0.2) is 53.6 Å². The van der Waals surface area contributed by atoms with Crippen molar-refractivity contribution in [2.45, 2.75) is 26.2 Å². The molecular weight excluding hydrogens is 335 g/mol. The largest absolute Gasteiger partial charge is 0.250 e. The van der Waals surface area contributed by atoms with Crippen LogP contribution in [-0.2, 0) is 5.41 Å². The molecule has 0 fully saturated rings. The van der Waals surface area contributed by atoms with Gasteiger partial charge in [0.05, 0.1) is 6.21 Å². The van der Waals surface area contributed by atoms with Crippen LogP contribution in [0.25, 0.3) is 11.4 Å². The maximum absolute atomic E-state index is 13.1. The van der Waals surface area contributed by atoms with Gasteiger partial charge in [-0.15, -0.1) is 0 Å². The molecule has 0 amide bonds. The zero-order valence-electron chi connectivity index (χ0n) is 14.3. The van der Waals surface area contributed by atoms with Crippen molar-refractivity contribution in [2.24, 2.45) is 5.10 Å². The summed E-state index contributed by atoms with van der Waals surface area (Å²) in [6.45, 7) is 6.53. The van der Waals surface area contributed by atoms with Gasteiger partial charge in [-0.25, -0.2) is 9.49 Å². The summed E-state index contributed by atoms with van der Waals surface area (Å²) in [4.78, 5) is 0. The number of hydrogen-bond acceptors (Lipinski definition) is 3. The Morgan fingerprint density at radius 1 is 1.08 bits per heavy atom. The van der Waals surface area contributed by atoms with Gasteiger partial charge in [0.25, 0.3) is 0 Å². The number of halogens is 1. The zero-order chi connectivity index (χ0) is 18.0. The van der Waals surface area contributed by atoms with Gasteiger partial charge < -0.3 is 0 Å². The minimum Gasteiger partial charge on any atom is -0.250 e. The van der Waals surface area contributed by atoms with Crippen molar-refractivity contribution in [1.29, 1.82) is 0 Å². The summed E-state index contributed by atoms with van der Waals surface area (Å²) >= 11 is 5.24. The summed E-state index contributed by atoms with van der Waals surface area (Å²) < 4.78 is 15.0. The first kappa shape index (κ1) is 17.2. The van der Waals surface area contributed by atoms with Gasteiger partial charge in [-0.2, -0.15) is 14.9 Å². The van der Waals surface area contributed by atoms with Crippen LogP contribution >= 0.6 is 12.2 Å². The number of aromatic amines is 1. The first-order valence-corrected chi connectivity index (χ1v) is 8.34. The van der Waals surface area contributed by atoms with Gasteiger partial charge in [-0.05, 0) is 53.0 Å². The summed E-state index contributed by atoms with van der Waals surface area (Å²) in [5, 5.41) is 11.3. The fourth-order valence-corrected chi connectivity index (χ4v) is 2.56. The van der Waals surface area contributed by atoms with Crippen molar-refractivity contribution in [3.05, 3.63) is 70.2 Å². The lowest BCUT2D eigenvalue weighted by Gasteiger charge is -2.18. The molecule has 3 aromatic rings. The Morgan fingerprint density at radius 2 is 1.72 bits per heavy atom. The second kappa shape index (κ2) is 6.72. The lowest BCUT2D eigenvalue weighted by Crippen LogP contribution is -2.10. The van der Waals surface area contributed by atoms with Gasteiger partial charge in [0.2, 0.25) is 4.77 Å². The first-order chi connectivity index (χ1) is 11.8. The SMILES string of the molecule is CC(C)(C)c1ccc(/C=N/n2c(-c3ccc(F)cc3)n[nH]c2=S)cc1. The van der Waals surface area contributed by atoms with E-state index in [9.17, 15) is 4.39 Å². The topological polar surface area (TPSA) is 46.0 Å². The molecule has 1 aromatic heterocycles. The van der Waals surface area contributed by atoms with Crippen molar-refractivity contribution < 1.29 is 4.39 Å². The Balaban J connectivity index is 1.90. The average molecular weight is 354 g/mol. The number of nitrogens with one attached hydrogen (secondary N) is 1. The van der Waals surface area contributed by atoms with E-state index in [1.165, 1.54) is 22.4 Å².